The van der Waals surface area contributed by atoms with Crippen LogP contribution in [0.15, 0.2) is 46.3 Å². The highest BCUT2D eigenvalue weighted by Crippen LogP contribution is 2.37. The van der Waals surface area contributed by atoms with Gasteiger partial charge in [-0.2, -0.15) is 0 Å². The molecule has 5 nitrogen and oxygen atoms in total. The lowest BCUT2D eigenvalue weighted by atomic mass is 9.79. The number of fused-ring (bicyclic) bond motifs is 1. The molecule has 0 radical (unpaired) electrons. The van der Waals surface area contributed by atoms with Gasteiger partial charge in [-0.15, -0.1) is 0 Å². The normalized spacial score (nSPS) is 25.8. The van der Waals surface area contributed by atoms with Gasteiger partial charge in [-0.25, -0.2) is 0 Å². The lowest BCUT2D eigenvalue weighted by Gasteiger charge is -2.33. The third-order valence-corrected chi connectivity index (χ3v) is 4.72. The fourth-order valence-electron chi connectivity index (χ4n) is 2.52. The second kappa shape index (κ2) is 7.05. The molecule has 0 aromatic carbocycles. The quantitative estimate of drug-likeness (QED) is 0.741. The van der Waals surface area contributed by atoms with Gasteiger partial charge in [0.25, 0.3) is 0 Å². The second-order valence-corrected chi connectivity index (χ2v) is 6.61. The van der Waals surface area contributed by atoms with E-state index < -0.39 is 17.2 Å². The molecule has 0 fully saturated rings. The number of aliphatic hydroxyl groups is 2. The van der Waals surface area contributed by atoms with E-state index in [1.54, 1.807) is 11.0 Å². The molecule has 0 amide bonds. The number of carbonyl (C=O) groups excluding carboxylic acids is 2. The predicted octanol–water partition coefficient (Wildman–Crippen LogP) is 2.06. The Labute approximate surface area is 146 Å². The first-order valence-corrected chi connectivity index (χ1v) is 8.33. The molecule has 24 heavy (non-hydrogen) atoms. The molecule has 2 rings (SSSR count). The number of hydrogen-bond donors (Lipinski definition) is 2. The summed E-state index contributed by atoms with van der Waals surface area (Å²) in [7, 11) is 0. The van der Waals surface area contributed by atoms with Crippen LogP contribution in [-0.2, 0) is 9.59 Å². The molecular formula is C18H22ClNO4. The van der Waals surface area contributed by atoms with Crippen LogP contribution in [-0.4, -0.2) is 45.4 Å². The molecule has 0 bridgehead atoms. The number of allylic oxidation sites excluding steroid dienone is 4. The van der Waals surface area contributed by atoms with Crippen LogP contribution in [0.4, 0.5) is 0 Å². The van der Waals surface area contributed by atoms with Crippen LogP contribution in [0.3, 0.4) is 0 Å². The van der Waals surface area contributed by atoms with Crippen molar-refractivity contribution in [3.63, 3.8) is 0 Å². The summed E-state index contributed by atoms with van der Waals surface area (Å²) >= 11 is 6.11. The predicted molar refractivity (Wildman–Crippen MR) is 92.1 cm³/mol. The fourth-order valence-corrected chi connectivity index (χ4v) is 2.86. The van der Waals surface area contributed by atoms with Crippen molar-refractivity contribution in [2.75, 3.05) is 13.2 Å². The maximum atomic E-state index is 12.4. The van der Waals surface area contributed by atoms with Crippen molar-refractivity contribution in [2.45, 2.75) is 32.8 Å². The van der Waals surface area contributed by atoms with Crippen LogP contribution in [0.25, 0.3) is 0 Å². The van der Waals surface area contributed by atoms with Crippen molar-refractivity contribution in [2.24, 2.45) is 5.92 Å². The van der Waals surface area contributed by atoms with E-state index in [1.165, 1.54) is 6.20 Å². The molecule has 0 aromatic rings. The summed E-state index contributed by atoms with van der Waals surface area (Å²) in [5, 5.41) is 19.3. The van der Waals surface area contributed by atoms with Gasteiger partial charge >= 0.3 is 0 Å². The maximum Gasteiger partial charge on any atom is 0.214 e. The van der Waals surface area contributed by atoms with Gasteiger partial charge in [-0.05, 0) is 25.0 Å². The van der Waals surface area contributed by atoms with Crippen LogP contribution in [0.5, 0.6) is 0 Å². The zero-order chi connectivity index (χ0) is 18.1. The molecule has 2 aliphatic rings. The zero-order valence-electron chi connectivity index (χ0n) is 14.0. The van der Waals surface area contributed by atoms with Crippen LogP contribution in [0, 0.1) is 5.92 Å². The number of nitrogens with zero attached hydrogens (tertiary/aromatic N) is 1. The first kappa shape index (κ1) is 18.6. The Kier molecular flexibility index (Phi) is 5.48. The number of β-amino-alcohol motifs (C(OH)–C–C–N with tert-alkyl or cyclic N) is 1. The van der Waals surface area contributed by atoms with Gasteiger partial charge in [0, 0.05) is 29.6 Å². The molecule has 1 unspecified atom stereocenters. The lowest BCUT2D eigenvalue weighted by molar-refractivity contribution is -0.144. The number of rotatable bonds is 5. The van der Waals surface area contributed by atoms with E-state index in [-0.39, 0.29) is 23.8 Å². The Hall–Kier alpha value is -1.69. The number of ketones is 2. The van der Waals surface area contributed by atoms with Crippen molar-refractivity contribution < 1.29 is 19.8 Å². The standard InChI is InChI=1S/C18H22ClNO4/c1-4-11(2)5-6-12-9-13-14(10-20(12)7-8-21)16(22)18(3,24)17(23)15(13)19/h5-6,9-11,21,24H,4,7-8H2,1-3H3/b6-5+/t11?,18-/m0/s1. The molecule has 1 aliphatic heterocycles. The molecule has 0 saturated heterocycles. The Bertz CT molecular complexity index is 685. The Morgan fingerprint density at radius 3 is 2.62 bits per heavy atom. The van der Waals surface area contributed by atoms with Crippen molar-refractivity contribution >= 4 is 23.2 Å². The summed E-state index contributed by atoms with van der Waals surface area (Å²) < 4.78 is 0. The highest BCUT2D eigenvalue weighted by molar-refractivity contribution is 6.49. The third kappa shape index (κ3) is 3.24. The molecule has 130 valence electrons. The molecule has 2 atom stereocenters. The zero-order valence-corrected chi connectivity index (χ0v) is 14.8. The van der Waals surface area contributed by atoms with Crippen LogP contribution < -0.4 is 0 Å². The number of aliphatic hydroxyl groups excluding tert-OH is 1. The highest BCUT2D eigenvalue weighted by Gasteiger charge is 2.48. The molecule has 0 spiro atoms. The van der Waals surface area contributed by atoms with Crippen molar-refractivity contribution in [1.29, 1.82) is 0 Å². The van der Waals surface area contributed by atoms with Gasteiger partial charge < -0.3 is 15.1 Å². The number of hydrogen-bond acceptors (Lipinski definition) is 5. The first-order valence-electron chi connectivity index (χ1n) is 7.95. The summed E-state index contributed by atoms with van der Waals surface area (Å²) in [5.41, 5.74) is -0.937. The Morgan fingerprint density at radius 2 is 2.04 bits per heavy atom. The fraction of sp³-hybridized carbons (Fsp3) is 0.444. The molecular weight excluding hydrogens is 330 g/mol. The van der Waals surface area contributed by atoms with Crippen LogP contribution >= 0.6 is 11.6 Å². The van der Waals surface area contributed by atoms with E-state index in [0.29, 0.717) is 11.5 Å². The van der Waals surface area contributed by atoms with Gasteiger partial charge in [0.2, 0.25) is 11.6 Å². The number of halogens is 1. The smallest absolute Gasteiger partial charge is 0.214 e. The van der Waals surface area contributed by atoms with Crippen LogP contribution in [0.1, 0.15) is 27.2 Å². The molecule has 0 saturated carbocycles. The van der Waals surface area contributed by atoms with Gasteiger partial charge in [0.05, 0.1) is 11.6 Å². The second-order valence-electron chi connectivity index (χ2n) is 6.23. The lowest BCUT2D eigenvalue weighted by Crippen LogP contribution is -2.49. The summed E-state index contributed by atoms with van der Waals surface area (Å²) in [5.74, 6) is -1.11. The summed E-state index contributed by atoms with van der Waals surface area (Å²) in [6.45, 7) is 5.49. The van der Waals surface area contributed by atoms with Gasteiger partial charge in [0.1, 0.15) is 0 Å². The minimum Gasteiger partial charge on any atom is -0.395 e. The van der Waals surface area contributed by atoms with E-state index >= 15 is 0 Å². The SMILES string of the molecule is CCC(C)/C=C/C1=CC2=C(Cl)C(=O)[C@@](C)(O)C(=O)C2=CN1CCO. The monoisotopic (exact) mass is 351 g/mol. The van der Waals surface area contributed by atoms with Crippen molar-refractivity contribution in [1.82, 2.24) is 4.90 Å². The van der Waals surface area contributed by atoms with E-state index in [4.69, 9.17) is 11.6 Å². The summed E-state index contributed by atoms with van der Waals surface area (Å²) in [4.78, 5) is 26.3. The third-order valence-electron chi connectivity index (χ3n) is 4.34. The topological polar surface area (TPSA) is 77.8 Å². The molecule has 0 aromatic heterocycles. The molecule has 1 aliphatic carbocycles. The van der Waals surface area contributed by atoms with Crippen molar-refractivity contribution in [3.05, 3.63) is 46.3 Å². The number of carbonyl (C=O) groups is 2. The Balaban J connectivity index is 2.53. The van der Waals surface area contributed by atoms with Gasteiger partial charge in [0.15, 0.2) is 5.60 Å². The summed E-state index contributed by atoms with van der Waals surface area (Å²) in [6.07, 6.45) is 8.07. The van der Waals surface area contributed by atoms with Crippen LogP contribution in [0.2, 0.25) is 0 Å². The minimum absolute atomic E-state index is 0.103. The average Bonchev–Trinajstić information content (AvgIpc) is 2.56. The largest absolute Gasteiger partial charge is 0.395 e. The van der Waals surface area contributed by atoms with E-state index in [1.807, 2.05) is 12.2 Å². The highest BCUT2D eigenvalue weighted by atomic mass is 35.5. The molecule has 2 N–H and O–H groups in total. The minimum atomic E-state index is -2.16. The molecule has 1 heterocycles. The number of Topliss-reactive ketones (excluding diaryl/α,β-unsaturated/α-hetero) is 2. The van der Waals surface area contributed by atoms with Gasteiger partial charge in [-0.3, -0.25) is 9.59 Å². The van der Waals surface area contributed by atoms with E-state index in [2.05, 4.69) is 13.8 Å². The van der Waals surface area contributed by atoms with Crippen molar-refractivity contribution in [3.8, 4) is 0 Å². The average molecular weight is 352 g/mol. The maximum absolute atomic E-state index is 12.4. The Morgan fingerprint density at radius 1 is 1.38 bits per heavy atom. The first-order chi connectivity index (χ1) is 11.2. The summed E-state index contributed by atoms with van der Waals surface area (Å²) in [6, 6.07) is 0. The van der Waals surface area contributed by atoms with Gasteiger partial charge in [-0.1, -0.05) is 37.9 Å². The molecule has 6 heteroatoms. The van der Waals surface area contributed by atoms with E-state index in [9.17, 15) is 19.8 Å². The van der Waals surface area contributed by atoms with E-state index in [0.717, 1.165) is 19.0 Å².